The van der Waals surface area contributed by atoms with E-state index in [2.05, 4.69) is 14.9 Å². The number of anilines is 1. The SMILES string of the molecule is Cc1nccc(N2CCC(C(=O)O)CC2)n1. The highest BCUT2D eigenvalue weighted by Gasteiger charge is 2.24. The third kappa shape index (κ3) is 2.29. The van der Waals surface area contributed by atoms with Gasteiger partial charge in [-0.1, -0.05) is 0 Å². The molecule has 5 nitrogen and oxygen atoms in total. The fourth-order valence-electron chi connectivity index (χ4n) is 1.98. The summed E-state index contributed by atoms with van der Waals surface area (Å²) in [5.74, 6) is 0.770. The minimum absolute atomic E-state index is 0.195. The average molecular weight is 221 g/mol. The van der Waals surface area contributed by atoms with Crippen molar-refractivity contribution in [2.24, 2.45) is 5.92 Å². The quantitative estimate of drug-likeness (QED) is 0.809. The van der Waals surface area contributed by atoms with Crippen LogP contribution in [0.5, 0.6) is 0 Å². The fourth-order valence-corrected chi connectivity index (χ4v) is 1.98. The van der Waals surface area contributed by atoms with Crippen LogP contribution in [0.1, 0.15) is 18.7 Å². The van der Waals surface area contributed by atoms with Crippen molar-refractivity contribution in [2.45, 2.75) is 19.8 Å². The summed E-state index contributed by atoms with van der Waals surface area (Å²) >= 11 is 0. The molecule has 1 aliphatic heterocycles. The molecule has 0 atom stereocenters. The molecule has 1 N–H and O–H groups in total. The monoisotopic (exact) mass is 221 g/mol. The van der Waals surface area contributed by atoms with E-state index in [9.17, 15) is 4.79 Å². The van der Waals surface area contributed by atoms with E-state index in [0.717, 1.165) is 24.7 Å². The van der Waals surface area contributed by atoms with Gasteiger partial charge in [0.25, 0.3) is 0 Å². The average Bonchev–Trinajstić information content (AvgIpc) is 2.29. The van der Waals surface area contributed by atoms with Crippen LogP contribution < -0.4 is 4.90 Å². The topological polar surface area (TPSA) is 66.3 Å². The largest absolute Gasteiger partial charge is 0.481 e. The van der Waals surface area contributed by atoms with Gasteiger partial charge in [-0.05, 0) is 25.8 Å². The third-order valence-corrected chi connectivity index (χ3v) is 2.93. The van der Waals surface area contributed by atoms with E-state index in [1.165, 1.54) is 0 Å². The van der Waals surface area contributed by atoms with Gasteiger partial charge in [0, 0.05) is 19.3 Å². The highest BCUT2D eigenvalue weighted by atomic mass is 16.4. The van der Waals surface area contributed by atoms with E-state index >= 15 is 0 Å². The Bertz CT molecular complexity index is 387. The maximum absolute atomic E-state index is 10.8. The predicted molar refractivity (Wildman–Crippen MR) is 59.3 cm³/mol. The number of aliphatic carboxylic acids is 1. The number of aryl methyl sites for hydroxylation is 1. The minimum atomic E-state index is -0.682. The molecule has 2 rings (SSSR count). The van der Waals surface area contributed by atoms with Crippen molar-refractivity contribution in [3.63, 3.8) is 0 Å². The van der Waals surface area contributed by atoms with Crippen LogP contribution in [0.3, 0.4) is 0 Å². The van der Waals surface area contributed by atoms with Crippen LogP contribution in [-0.2, 0) is 4.79 Å². The maximum Gasteiger partial charge on any atom is 0.306 e. The predicted octanol–water partition coefficient (Wildman–Crippen LogP) is 1.09. The normalized spacial score (nSPS) is 17.4. The first-order valence-electron chi connectivity index (χ1n) is 5.44. The number of rotatable bonds is 2. The van der Waals surface area contributed by atoms with Crippen LogP contribution in [0.4, 0.5) is 5.82 Å². The van der Waals surface area contributed by atoms with Crippen molar-refractivity contribution in [1.82, 2.24) is 9.97 Å². The molecule has 1 saturated heterocycles. The van der Waals surface area contributed by atoms with E-state index in [4.69, 9.17) is 5.11 Å². The van der Waals surface area contributed by atoms with Gasteiger partial charge in [-0.2, -0.15) is 0 Å². The molecule has 2 heterocycles. The molecule has 1 aromatic heterocycles. The molecule has 0 radical (unpaired) electrons. The molecule has 1 aromatic rings. The second-order valence-corrected chi connectivity index (χ2v) is 4.06. The Labute approximate surface area is 94.1 Å². The number of carboxylic acid groups (broad SMARTS) is 1. The molecule has 1 aliphatic rings. The van der Waals surface area contributed by atoms with Crippen molar-refractivity contribution >= 4 is 11.8 Å². The van der Waals surface area contributed by atoms with Crippen molar-refractivity contribution in [2.75, 3.05) is 18.0 Å². The molecule has 86 valence electrons. The van der Waals surface area contributed by atoms with Gasteiger partial charge in [-0.15, -0.1) is 0 Å². The lowest BCUT2D eigenvalue weighted by molar-refractivity contribution is -0.142. The van der Waals surface area contributed by atoms with Gasteiger partial charge in [0.2, 0.25) is 0 Å². The number of carboxylic acids is 1. The number of carbonyl (C=O) groups is 1. The Balaban J connectivity index is 2.01. The second-order valence-electron chi connectivity index (χ2n) is 4.06. The summed E-state index contributed by atoms with van der Waals surface area (Å²) < 4.78 is 0. The number of hydrogen-bond donors (Lipinski definition) is 1. The molecule has 16 heavy (non-hydrogen) atoms. The Kier molecular flexibility index (Phi) is 3.03. The molecule has 0 bridgehead atoms. The van der Waals surface area contributed by atoms with Crippen LogP contribution >= 0.6 is 0 Å². The first-order chi connectivity index (χ1) is 7.66. The van der Waals surface area contributed by atoms with E-state index < -0.39 is 5.97 Å². The van der Waals surface area contributed by atoms with Crippen molar-refractivity contribution < 1.29 is 9.90 Å². The maximum atomic E-state index is 10.8. The first-order valence-corrected chi connectivity index (χ1v) is 5.44. The molecule has 0 aliphatic carbocycles. The summed E-state index contributed by atoms with van der Waals surface area (Å²) in [5.41, 5.74) is 0. The lowest BCUT2D eigenvalue weighted by Crippen LogP contribution is -2.36. The van der Waals surface area contributed by atoms with Gasteiger partial charge in [0.15, 0.2) is 0 Å². The zero-order valence-electron chi connectivity index (χ0n) is 9.26. The summed E-state index contributed by atoms with van der Waals surface area (Å²) in [5, 5.41) is 8.90. The standard InChI is InChI=1S/C11H15N3O2/c1-8-12-5-2-10(13-8)14-6-3-9(4-7-14)11(15)16/h2,5,9H,3-4,6-7H2,1H3,(H,15,16). The van der Waals surface area contributed by atoms with Crippen LogP contribution in [0.2, 0.25) is 0 Å². The third-order valence-electron chi connectivity index (χ3n) is 2.93. The fraction of sp³-hybridized carbons (Fsp3) is 0.545. The molecular weight excluding hydrogens is 206 g/mol. The summed E-state index contributed by atoms with van der Waals surface area (Å²) in [6.07, 6.45) is 3.12. The van der Waals surface area contributed by atoms with Gasteiger partial charge in [0.05, 0.1) is 5.92 Å². The van der Waals surface area contributed by atoms with E-state index in [1.54, 1.807) is 6.20 Å². The number of aromatic nitrogens is 2. The minimum Gasteiger partial charge on any atom is -0.481 e. The zero-order valence-corrected chi connectivity index (χ0v) is 9.26. The Morgan fingerprint density at radius 2 is 2.19 bits per heavy atom. The zero-order chi connectivity index (χ0) is 11.5. The number of hydrogen-bond acceptors (Lipinski definition) is 4. The summed E-state index contributed by atoms with van der Waals surface area (Å²) in [6.45, 7) is 3.37. The van der Waals surface area contributed by atoms with Crippen molar-refractivity contribution in [3.05, 3.63) is 18.1 Å². The molecule has 0 saturated carbocycles. The van der Waals surface area contributed by atoms with Gasteiger partial charge in [0.1, 0.15) is 11.6 Å². The van der Waals surface area contributed by atoms with Crippen molar-refractivity contribution in [3.8, 4) is 0 Å². The van der Waals surface area contributed by atoms with Gasteiger partial charge < -0.3 is 10.0 Å². The lowest BCUT2D eigenvalue weighted by Gasteiger charge is -2.30. The van der Waals surface area contributed by atoms with Crippen molar-refractivity contribution in [1.29, 1.82) is 0 Å². The molecule has 0 amide bonds. The van der Waals surface area contributed by atoms with E-state index in [0.29, 0.717) is 12.8 Å². The van der Waals surface area contributed by atoms with Crippen LogP contribution in [0.25, 0.3) is 0 Å². The first kappa shape index (κ1) is 10.9. The summed E-state index contributed by atoms with van der Waals surface area (Å²) in [6, 6.07) is 1.87. The van der Waals surface area contributed by atoms with Crippen LogP contribution in [0, 0.1) is 12.8 Å². The highest BCUT2D eigenvalue weighted by molar-refractivity contribution is 5.70. The highest BCUT2D eigenvalue weighted by Crippen LogP contribution is 2.21. The van der Waals surface area contributed by atoms with Crippen LogP contribution in [0.15, 0.2) is 12.3 Å². The molecule has 0 unspecified atom stereocenters. The van der Waals surface area contributed by atoms with Crippen LogP contribution in [-0.4, -0.2) is 34.1 Å². The Morgan fingerprint density at radius 1 is 1.50 bits per heavy atom. The van der Waals surface area contributed by atoms with Gasteiger partial charge in [-0.3, -0.25) is 4.79 Å². The molecule has 0 spiro atoms. The lowest BCUT2D eigenvalue weighted by atomic mass is 9.97. The molecule has 1 fully saturated rings. The second kappa shape index (κ2) is 4.47. The number of nitrogens with zero attached hydrogens (tertiary/aromatic N) is 3. The number of piperidine rings is 1. The van der Waals surface area contributed by atoms with E-state index in [-0.39, 0.29) is 5.92 Å². The molecule has 5 heteroatoms. The molecular formula is C11H15N3O2. The van der Waals surface area contributed by atoms with Gasteiger partial charge in [-0.25, -0.2) is 9.97 Å². The Hall–Kier alpha value is -1.65. The van der Waals surface area contributed by atoms with Gasteiger partial charge >= 0.3 is 5.97 Å². The van der Waals surface area contributed by atoms with E-state index in [1.807, 2.05) is 13.0 Å². The molecule has 0 aromatic carbocycles. The summed E-state index contributed by atoms with van der Waals surface area (Å²) in [4.78, 5) is 21.3. The summed E-state index contributed by atoms with van der Waals surface area (Å²) in [7, 11) is 0. The Morgan fingerprint density at radius 3 is 2.75 bits per heavy atom. The smallest absolute Gasteiger partial charge is 0.306 e.